The highest BCUT2D eigenvalue weighted by Gasteiger charge is 2.31. The molecule has 0 radical (unpaired) electrons. The lowest BCUT2D eigenvalue weighted by molar-refractivity contribution is -0.0311. The van der Waals surface area contributed by atoms with E-state index in [0.717, 1.165) is 25.1 Å². The third-order valence-corrected chi connectivity index (χ3v) is 5.60. The average molecular weight is 353 g/mol. The van der Waals surface area contributed by atoms with Gasteiger partial charge in [0.1, 0.15) is 11.9 Å². The third kappa shape index (κ3) is 3.55. The summed E-state index contributed by atoms with van der Waals surface area (Å²) >= 11 is 0. The molecule has 2 atom stereocenters. The minimum Gasteiger partial charge on any atom is -0.449 e. The highest BCUT2D eigenvalue weighted by atomic mass is 32.2. The summed E-state index contributed by atoms with van der Waals surface area (Å²) in [6, 6.07) is 5.05. The van der Waals surface area contributed by atoms with Crippen LogP contribution in [0, 0.1) is 12.8 Å². The van der Waals surface area contributed by atoms with E-state index in [1.165, 1.54) is 6.07 Å². The predicted octanol–water partition coefficient (Wildman–Crippen LogP) is 2.25. The monoisotopic (exact) mass is 353 g/mol. The van der Waals surface area contributed by atoms with Crippen LogP contribution in [0.15, 0.2) is 33.9 Å². The lowest BCUT2D eigenvalue weighted by Crippen LogP contribution is -2.35. The molecule has 2 aromatic rings. The highest BCUT2D eigenvalue weighted by Crippen LogP contribution is 2.33. The van der Waals surface area contributed by atoms with Crippen molar-refractivity contribution in [1.29, 1.82) is 0 Å². The van der Waals surface area contributed by atoms with Crippen LogP contribution in [0.2, 0.25) is 0 Å². The van der Waals surface area contributed by atoms with E-state index in [-0.39, 0.29) is 17.1 Å². The van der Waals surface area contributed by atoms with Crippen molar-refractivity contribution >= 4 is 10.0 Å². The van der Waals surface area contributed by atoms with E-state index in [1.807, 2.05) is 17.7 Å². The molecule has 0 aliphatic carbocycles. The Kier molecular flexibility index (Phi) is 5.07. The Morgan fingerprint density at radius 1 is 1.38 bits per heavy atom. The number of nitrogens with one attached hydrogen (secondary N) is 1. The molecule has 7 nitrogen and oxygen atoms in total. The molecule has 0 spiro atoms. The number of hydrogen-bond donors (Lipinski definition) is 1. The summed E-state index contributed by atoms with van der Waals surface area (Å²) in [4.78, 5) is 0. The summed E-state index contributed by atoms with van der Waals surface area (Å²) in [7, 11) is -3.64. The van der Waals surface area contributed by atoms with Crippen molar-refractivity contribution in [1.82, 2.24) is 14.5 Å². The van der Waals surface area contributed by atoms with E-state index in [2.05, 4.69) is 9.82 Å². The summed E-state index contributed by atoms with van der Waals surface area (Å²) in [5.74, 6) is 0.632. The molecule has 1 aliphatic heterocycles. The second kappa shape index (κ2) is 7.08. The van der Waals surface area contributed by atoms with E-state index in [4.69, 9.17) is 9.15 Å². The zero-order chi connectivity index (χ0) is 17.2. The lowest BCUT2D eigenvalue weighted by Gasteiger charge is -2.32. The molecule has 24 heavy (non-hydrogen) atoms. The second-order valence-corrected chi connectivity index (χ2v) is 7.68. The maximum Gasteiger partial charge on any atom is 0.273 e. The molecule has 0 unspecified atom stereocenters. The van der Waals surface area contributed by atoms with Crippen LogP contribution in [0.25, 0.3) is 0 Å². The first-order valence-electron chi connectivity index (χ1n) is 8.20. The first kappa shape index (κ1) is 17.2. The Morgan fingerprint density at radius 2 is 2.21 bits per heavy atom. The van der Waals surface area contributed by atoms with Crippen LogP contribution in [0.3, 0.4) is 0 Å². The van der Waals surface area contributed by atoms with Gasteiger partial charge in [0, 0.05) is 31.8 Å². The van der Waals surface area contributed by atoms with Crippen molar-refractivity contribution in [2.45, 2.75) is 44.4 Å². The van der Waals surface area contributed by atoms with Crippen LogP contribution in [0.5, 0.6) is 0 Å². The zero-order valence-electron chi connectivity index (χ0n) is 13.9. The number of rotatable bonds is 6. The Morgan fingerprint density at radius 3 is 2.92 bits per heavy atom. The quantitative estimate of drug-likeness (QED) is 0.861. The number of sulfonamides is 1. The molecule has 0 saturated carbocycles. The smallest absolute Gasteiger partial charge is 0.273 e. The van der Waals surface area contributed by atoms with Gasteiger partial charge in [-0.15, -0.1) is 0 Å². The van der Waals surface area contributed by atoms with Gasteiger partial charge >= 0.3 is 0 Å². The Bertz CT molecular complexity index is 781. The zero-order valence-corrected chi connectivity index (χ0v) is 14.8. The van der Waals surface area contributed by atoms with Crippen LogP contribution in [-0.2, 0) is 21.3 Å². The average Bonchev–Trinajstić information content (AvgIpc) is 3.22. The molecule has 1 saturated heterocycles. The molecule has 2 aromatic heterocycles. The number of aryl methyl sites for hydroxylation is 2. The standard InChI is InChI=1S/C16H23N3O4S/c1-3-19-14(8-9-17-19)16-13(5-4-10-22-16)11-18-24(20,21)15-7-6-12(2)23-15/h6-9,13,16,18H,3-5,10-11H2,1-2H3/t13-,16+/m0/s1. The van der Waals surface area contributed by atoms with E-state index < -0.39 is 10.0 Å². The van der Waals surface area contributed by atoms with Crippen molar-refractivity contribution in [2.24, 2.45) is 5.92 Å². The van der Waals surface area contributed by atoms with Crippen LogP contribution in [0.1, 0.15) is 37.3 Å². The topological polar surface area (TPSA) is 86.4 Å². The van der Waals surface area contributed by atoms with Crippen LogP contribution >= 0.6 is 0 Å². The summed E-state index contributed by atoms with van der Waals surface area (Å²) in [6.07, 6.45) is 3.42. The second-order valence-electron chi connectivity index (χ2n) is 5.98. The van der Waals surface area contributed by atoms with Gasteiger partial charge in [0.25, 0.3) is 10.0 Å². The summed E-state index contributed by atoms with van der Waals surface area (Å²) < 4.78 is 40.4. The fourth-order valence-corrected chi connectivity index (χ4v) is 4.14. The van der Waals surface area contributed by atoms with Gasteiger partial charge in [-0.05, 0) is 44.9 Å². The lowest BCUT2D eigenvalue weighted by atomic mass is 9.92. The van der Waals surface area contributed by atoms with Crippen molar-refractivity contribution in [3.05, 3.63) is 35.9 Å². The van der Waals surface area contributed by atoms with Crippen LogP contribution < -0.4 is 4.72 Å². The molecule has 132 valence electrons. The van der Waals surface area contributed by atoms with Gasteiger partial charge in [-0.3, -0.25) is 4.68 Å². The minimum atomic E-state index is -3.64. The van der Waals surface area contributed by atoms with Crippen molar-refractivity contribution < 1.29 is 17.6 Å². The third-order valence-electron chi connectivity index (χ3n) is 4.30. The maximum absolute atomic E-state index is 12.3. The Hall–Kier alpha value is -1.64. The number of hydrogen-bond acceptors (Lipinski definition) is 5. The molecule has 0 aromatic carbocycles. The predicted molar refractivity (Wildman–Crippen MR) is 88.0 cm³/mol. The molecule has 0 amide bonds. The van der Waals surface area contributed by atoms with Crippen LogP contribution in [-0.4, -0.2) is 31.3 Å². The number of nitrogens with zero attached hydrogens (tertiary/aromatic N) is 2. The minimum absolute atomic E-state index is 0.0492. The molecular formula is C16H23N3O4S. The summed E-state index contributed by atoms with van der Waals surface area (Å²) in [5.41, 5.74) is 0.996. The fraction of sp³-hybridized carbons (Fsp3) is 0.562. The Labute approximate surface area is 142 Å². The summed E-state index contributed by atoms with van der Waals surface area (Å²) in [6.45, 7) is 5.49. The fourth-order valence-electron chi connectivity index (χ4n) is 3.07. The first-order chi connectivity index (χ1) is 11.5. The molecule has 1 fully saturated rings. The Balaban J connectivity index is 1.73. The van der Waals surface area contributed by atoms with Crippen molar-refractivity contribution in [3.63, 3.8) is 0 Å². The number of aromatic nitrogens is 2. The molecule has 3 heterocycles. The van der Waals surface area contributed by atoms with Crippen LogP contribution in [0.4, 0.5) is 0 Å². The van der Waals surface area contributed by atoms with E-state index >= 15 is 0 Å². The van der Waals surface area contributed by atoms with Crippen molar-refractivity contribution in [2.75, 3.05) is 13.2 Å². The number of furan rings is 1. The first-order valence-corrected chi connectivity index (χ1v) is 9.69. The van der Waals surface area contributed by atoms with Crippen molar-refractivity contribution in [3.8, 4) is 0 Å². The van der Waals surface area contributed by atoms with E-state index in [0.29, 0.717) is 18.9 Å². The van der Waals surface area contributed by atoms with Gasteiger partial charge in [-0.25, -0.2) is 13.1 Å². The summed E-state index contributed by atoms with van der Waals surface area (Å²) in [5, 5.41) is 4.24. The van der Waals surface area contributed by atoms with E-state index in [9.17, 15) is 8.42 Å². The maximum atomic E-state index is 12.3. The molecule has 8 heteroatoms. The number of ether oxygens (including phenoxy) is 1. The van der Waals surface area contributed by atoms with Gasteiger partial charge in [-0.2, -0.15) is 5.10 Å². The highest BCUT2D eigenvalue weighted by molar-refractivity contribution is 7.89. The SMILES string of the molecule is CCn1nccc1[C@@H]1OCCC[C@H]1CNS(=O)(=O)c1ccc(C)o1. The van der Waals surface area contributed by atoms with Gasteiger partial charge < -0.3 is 9.15 Å². The molecular weight excluding hydrogens is 330 g/mol. The van der Waals surface area contributed by atoms with Gasteiger partial charge in [0.15, 0.2) is 0 Å². The van der Waals surface area contributed by atoms with Gasteiger partial charge in [0.2, 0.25) is 5.09 Å². The molecule has 3 rings (SSSR count). The molecule has 1 N–H and O–H groups in total. The van der Waals surface area contributed by atoms with Gasteiger partial charge in [0.05, 0.1) is 5.69 Å². The molecule has 1 aliphatic rings. The van der Waals surface area contributed by atoms with Gasteiger partial charge in [-0.1, -0.05) is 0 Å². The normalized spacial score (nSPS) is 21.9. The largest absolute Gasteiger partial charge is 0.449 e. The van der Waals surface area contributed by atoms with E-state index in [1.54, 1.807) is 19.2 Å². The molecule has 0 bridgehead atoms.